The zero-order valence-electron chi connectivity index (χ0n) is 26.5. The van der Waals surface area contributed by atoms with E-state index in [0.717, 1.165) is 13.1 Å². The summed E-state index contributed by atoms with van der Waals surface area (Å²) in [6, 6.07) is 17.5. The van der Waals surface area contributed by atoms with Crippen molar-refractivity contribution in [1.29, 1.82) is 0 Å². The fraction of sp³-hybridized carbons (Fsp3) is 0.667. The van der Waals surface area contributed by atoms with Crippen molar-refractivity contribution in [3.8, 4) is 11.1 Å². The normalized spacial score (nSPS) is 11.7. The molecule has 0 aliphatic rings. The quantitative estimate of drug-likeness (QED) is 0.0904. The van der Waals surface area contributed by atoms with E-state index in [-0.39, 0.29) is 0 Å². The molecule has 0 aliphatic carbocycles. The lowest BCUT2D eigenvalue weighted by molar-refractivity contribution is 0.0316. The van der Waals surface area contributed by atoms with E-state index < -0.39 is 0 Å². The topological polar surface area (TPSA) is 24.9 Å². The van der Waals surface area contributed by atoms with Crippen LogP contribution >= 0.6 is 0 Å². The molecule has 0 heterocycles. The molecule has 0 aliphatic heterocycles. The maximum atomic E-state index is 5.96. The zero-order valence-corrected chi connectivity index (χ0v) is 26.5. The van der Waals surface area contributed by atoms with Gasteiger partial charge in [-0.3, -0.25) is 9.80 Å². The predicted molar refractivity (Wildman–Crippen MR) is 172 cm³/mol. The maximum absolute atomic E-state index is 5.96. The van der Waals surface area contributed by atoms with Crippen LogP contribution in [0, 0.1) is 0 Å². The molecule has 0 saturated carbocycles. The molecule has 2 rings (SSSR count). The number of ether oxygens (including phenoxy) is 2. The second-order valence-electron chi connectivity index (χ2n) is 11.8. The van der Waals surface area contributed by atoms with E-state index in [1.165, 1.54) is 112 Å². The third-order valence-corrected chi connectivity index (χ3v) is 7.69. The van der Waals surface area contributed by atoms with Crippen LogP contribution in [0.3, 0.4) is 0 Å². The van der Waals surface area contributed by atoms with Gasteiger partial charge in [-0.25, -0.2) is 0 Å². The Morgan fingerprint density at radius 1 is 0.450 bits per heavy atom. The molecule has 4 nitrogen and oxygen atoms in total. The van der Waals surface area contributed by atoms with Crippen molar-refractivity contribution in [3.63, 3.8) is 0 Å². The van der Waals surface area contributed by atoms with Crippen LogP contribution in [-0.4, -0.2) is 50.4 Å². The molecule has 4 heteroatoms. The third kappa shape index (κ3) is 16.5. The van der Waals surface area contributed by atoms with Crippen LogP contribution in [0.5, 0.6) is 0 Å². The van der Waals surface area contributed by atoms with Crippen molar-refractivity contribution < 1.29 is 9.47 Å². The van der Waals surface area contributed by atoms with Gasteiger partial charge >= 0.3 is 0 Å². The highest BCUT2D eigenvalue weighted by Gasteiger charge is 2.03. The summed E-state index contributed by atoms with van der Waals surface area (Å²) in [4.78, 5) is 4.58. The summed E-state index contributed by atoms with van der Waals surface area (Å²) in [6.45, 7) is 9.48. The van der Waals surface area contributed by atoms with Gasteiger partial charge in [0.05, 0.1) is 26.7 Å². The van der Waals surface area contributed by atoms with Gasteiger partial charge in [-0.05, 0) is 62.3 Å². The average molecular weight is 553 g/mol. The minimum absolute atomic E-state index is 0.658. The largest absolute Gasteiger partial charge is 0.361 e. The highest BCUT2D eigenvalue weighted by atomic mass is 16.5. The summed E-state index contributed by atoms with van der Waals surface area (Å²) in [5, 5.41) is 0. The SMILES string of the molecule is CCCCCCCCCN(C)COCc1ccc(-c2ccc(COCN(C)CCCCCCCCC)cc2)cc1. The number of benzene rings is 2. The number of unbranched alkanes of at least 4 members (excludes halogenated alkanes) is 12. The second kappa shape index (κ2) is 22.9. The van der Waals surface area contributed by atoms with Crippen molar-refractivity contribution in [3.05, 3.63) is 59.7 Å². The van der Waals surface area contributed by atoms with Gasteiger partial charge in [0, 0.05) is 0 Å². The molecule has 0 radical (unpaired) electrons. The minimum Gasteiger partial charge on any atom is -0.361 e. The second-order valence-corrected chi connectivity index (χ2v) is 11.8. The fourth-order valence-corrected chi connectivity index (χ4v) is 5.03. The number of nitrogens with zero attached hydrogens (tertiary/aromatic N) is 2. The van der Waals surface area contributed by atoms with Gasteiger partial charge in [-0.1, -0.05) is 139 Å². The smallest absolute Gasteiger partial charge is 0.0992 e. The van der Waals surface area contributed by atoms with Gasteiger partial charge < -0.3 is 9.47 Å². The molecule has 40 heavy (non-hydrogen) atoms. The van der Waals surface area contributed by atoms with E-state index in [4.69, 9.17) is 9.47 Å². The summed E-state index contributed by atoms with van der Waals surface area (Å²) >= 11 is 0. The van der Waals surface area contributed by atoms with E-state index in [9.17, 15) is 0 Å². The molecule has 2 aromatic rings. The molecule has 0 spiro atoms. The first kappa shape index (κ1) is 34.5. The Labute approximate surface area is 247 Å². The first-order valence-corrected chi connectivity index (χ1v) is 16.3. The lowest BCUT2D eigenvalue weighted by Gasteiger charge is -2.17. The van der Waals surface area contributed by atoms with Crippen LogP contribution in [-0.2, 0) is 22.7 Å². The van der Waals surface area contributed by atoms with Crippen molar-refractivity contribution in [2.75, 3.05) is 40.6 Å². The molecule has 0 fully saturated rings. The molecule has 226 valence electrons. The first-order valence-electron chi connectivity index (χ1n) is 16.3. The molecule has 0 N–H and O–H groups in total. The Morgan fingerprint density at radius 3 is 1.12 bits per heavy atom. The average Bonchev–Trinajstić information content (AvgIpc) is 2.97. The predicted octanol–water partition coefficient (Wildman–Crippen LogP) is 9.67. The van der Waals surface area contributed by atoms with Gasteiger partial charge in [0.2, 0.25) is 0 Å². The molecular weight excluding hydrogens is 492 g/mol. The van der Waals surface area contributed by atoms with Crippen LogP contribution in [0.15, 0.2) is 48.5 Å². The van der Waals surface area contributed by atoms with Gasteiger partial charge in [0.1, 0.15) is 0 Å². The third-order valence-electron chi connectivity index (χ3n) is 7.69. The highest BCUT2D eigenvalue weighted by Crippen LogP contribution is 2.21. The van der Waals surface area contributed by atoms with E-state index in [2.05, 4.69) is 86.3 Å². The van der Waals surface area contributed by atoms with Crippen LogP contribution in [0.25, 0.3) is 11.1 Å². The monoisotopic (exact) mass is 552 g/mol. The number of hydrogen-bond acceptors (Lipinski definition) is 4. The Bertz CT molecular complexity index is 765. The Balaban J connectivity index is 1.57. The lowest BCUT2D eigenvalue weighted by Crippen LogP contribution is -2.22. The van der Waals surface area contributed by atoms with Crippen LogP contribution in [0.1, 0.15) is 115 Å². The van der Waals surface area contributed by atoms with Crippen molar-refractivity contribution >= 4 is 0 Å². The minimum atomic E-state index is 0.658. The summed E-state index contributed by atoms with van der Waals surface area (Å²) in [6.07, 6.45) is 18.9. The highest BCUT2D eigenvalue weighted by molar-refractivity contribution is 5.63. The van der Waals surface area contributed by atoms with Gasteiger partial charge in [-0.15, -0.1) is 0 Å². The van der Waals surface area contributed by atoms with Crippen LogP contribution in [0.4, 0.5) is 0 Å². The Morgan fingerprint density at radius 2 is 0.775 bits per heavy atom. The van der Waals surface area contributed by atoms with Gasteiger partial charge in [-0.2, -0.15) is 0 Å². The van der Waals surface area contributed by atoms with Crippen molar-refractivity contribution in [2.24, 2.45) is 0 Å². The lowest BCUT2D eigenvalue weighted by atomic mass is 10.0. The molecule has 0 unspecified atom stereocenters. The van der Waals surface area contributed by atoms with Gasteiger partial charge in [0.25, 0.3) is 0 Å². The summed E-state index contributed by atoms with van der Waals surface area (Å²) in [7, 11) is 4.31. The molecule has 0 saturated heterocycles. The van der Waals surface area contributed by atoms with E-state index in [1.54, 1.807) is 0 Å². The first-order chi connectivity index (χ1) is 19.6. The fourth-order valence-electron chi connectivity index (χ4n) is 5.03. The number of rotatable bonds is 25. The zero-order chi connectivity index (χ0) is 28.7. The molecular formula is C36H60N2O2. The van der Waals surface area contributed by atoms with E-state index in [1.807, 2.05) is 0 Å². The summed E-state index contributed by atoms with van der Waals surface area (Å²) < 4.78 is 11.9. The standard InChI is InChI=1S/C36H60N2O2/c1-5-7-9-11-13-15-17-27-37(3)31-39-29-33-19-23-35(24-20-33)36-25-21-34(22-26-36)30-40-32-38(4)28-18-16-14-12-10-8-6-2/h19-26H,5-18,27-32H2,1-4H3. The van der Waals surface area contributed by atoms with Crippen molar-refractivity contribution in [2.45, 2.75) is 117 Å². The molecule has 0 amide bonds. The Kier molecular flexibility index (Phi) is 19.7. The number of hydrogen-bond donors (Lipinski definition) is 0. The van der Waals surface area contributed by atoms with Crippen molar-refractivity contribution in [1.82, 2.24) is 9.80 Å². The summed E-state index contributed by atoms with van der Waals surface area (Å²) in [5.74, 6) is 0. The molecule has 0 atom stereocenters. The van der Waals surface area contributed by atoms with E-state index in [0.29, 0.717) is 26.7 Å². The van der Waals surface area contributed by atoms with Gasteiger partial charge in [0.15, 0.2) is 0 Å². The molecule has 0 aromatic heterocycles. The maximum Gasteiger partial charge on any atom is 0.0992 e. The van der Waals surface area contributed by atoms with E-state index >= 15 is 0 Å². The molecule has 0 bridgehead atoms. The summed E-state index contributed by atoms with van der Waals surface area (Å²) in [5.41, 5.74) is 4.92. The Hall–Kier alpha value is -1.72. The van der Waals surface area contributed by atoms with Crippen LogP contribution in [0.2, 0.25) is 0 Å². The van der Waals surface area contributed by atoms with Crippen LogP contribution < -0.4 is 0 Å². The molecule has 2 aromatic carbocycles.